The normalized spacial score (nSPS) is 11.4. The molecule has 0 spiro atoms. The Balaban J connectivity index is 3.00. The Labute approximate surface area is 124 Å². The van der Waals surface area contributed by atoms with E-state index in [0.717, 1.165) is 11.4 Å². The van der Waals surface area contributed by atoms with Crippen LogP contribution in [0.1, 0.15) is 35.6 Å². The van der Waals surface area contributed by atoms with Crippen molar-refractivity contribution < 1.29 is 4.79 Å². The van der Waals surface area contributed by atoms with Crippen LogP contribution >= 0.6 is 31.9 Å². The standard InChI is InChI=1S/C12H17Br2N3O/c1-4-10-9(5-8(2)16-17-10)11(18)15-12(3,6-13)7-14/h5H,4,6-7H2,1-3H3,(H,15,18). The van der Waals surface area contributed by atoms with Crippen molar-refractivity contribution in [3.63, 3.8) is 0 Å². The minimum Gasteiger partial charge on any atom is -0.345 e. The molecular formula is C12H17Br2N3O. The van der Waals surface area contributed by atoms with Crippen LogP contribution in [0.4, 0.5) is 0 Å². The van der Waals surface area contributed by atoms with Gasteiger partial charge in [-0.25, -0.2) is 0 Å². The monoisotopic (exact) mass is 377 g/mol. The number of carbonyl (C=O) groups excluding carboxylic acids is 1. The third-order valence-corrected chi connectivity index (χ3v) is 5.05. The van der Waals surface area contributed by atoms with Gasteiger partial charge in [-0.2, -0.15) is 10.2 Å². The van der Waals surface area contributed by atoms with Gasteiger partial charge in [-0.3, -0.25) is 4.79 Å². The first-order valence-electron chi connectivity index (χ1n) is 5.73. The molecular weight excluding hydrogens is 362 g/mol. The van der Waals surface area contributed by atoms with Crippen molar-refractivity contribution in [3.8, 4) is 0 Å². The highest BCUT2D eigenvalue weighted by Gasteiger charge is 2.25. The minimum atomic E-state index is -0.320. The summed E-state index contributed by atoms with van der Waals surface area (Å²) in [6.07, 6.45) is 0.690. The van der Waals surface area contributed by atoms with E-state index in [-0.39, 0.29) is 11.4 Å². The lowest BCUT2D eigenvalue weighted by Crippen LogP contribution is -2.49. The van der Waals surface area contributed by atoms with Gasteiger partial charge in [-0.15, -0.1) is 0 Å². The first kappa shape index (κ1) is 15.6. The van der Waals surface area contributed by atoms with Crippen molar-refractivity contribution >= 4 is 37.8 Å². The highest BCUT2D eigenvalue weighted by molar-refractivity contribution is 9.09. The van der Waals surface area contributed by atoms with Gasteiger partial charge in [0.1, 0.15) is 0 Å². The second-order valence-corrected chi connectivity index (χ2v) is 5.60. The van der Waals surface area contributed by atoms with Crippen LogP contribution < -0.4 is 5.32 Å². The molecule has 1 N–H and O–H groups in total. The van der Waals surface area contributed by atoms with Gasteiger partial charge in [0.05, 0.1) is 22.5 Å². The molecule has 0 aliphatic heterocycles. The average Bonchev–Trinajstić information content (AvgIpc) is 2.38. The Kier molecular flexibility index (Phi) is 5.72. The molecule has 0 fully saturated rings. The van der Waals surface area contributed by atoms with Crippen molar-refractivity contribution in [2.45, 2.75) is 32.7 Å². The van der Waals surface area contributed by atoms with Crippen molar-refractivity contribution in [3.05, 3.63) is 23.0 Å². The number of hydrogen-bond donors (Lipinski definition) is 1. The van der Waals surface area contributed by atoms with Crippen molar-refractivity contribution in [2.24, 2.45) is 0 Å². The van der Waals surface area contributed by atoms with E-state index in [1.165, 1.54) is 0 Å². The first-order valence-corrected chi connectivity index (χ1v) is 7.97. The molecule has 0 aliphatic carbocycles. The van der Waals surface area contributed by atoms with E-state index in [1.54, 1.807) is 6.07 Å². The lowest BCUT2D eigenvalue weighted by Gasteiger charge is -2.26. The van der Waals surface area contributed by atoms with Gasteiger partial charge in [0.15, 0.2) is 0 Å². The Morgan fingerprint density at radius 2 is 2.00 bits per heavy atom. The topological polar surface area (TPSA) is 54.9 Å². The Morgan fingerprint density at radius 1 is 1.39 bits per heavy atom. The Bertz CT molecular complexity index is 433. The second kappa shape index (κ2) is 6.61. The van der Waals surface area contributed by atoms with Crippen molar-refractivity contribution in [1.29, 1.82) is 0 Å². The lowest BCUT2D eigenvalue weighted by molar-refractivity contribution is 0.0921. The maximum atomic E-state index is 12.3. The van der Waals surface area contributed by atoms with Gasteiger partial charge in [-0.05, 0) is 26.3 Å². The number of carbonyl (C=O) groups is 1. The Hall–Kier alpha value is -0.490. The minimum absolute atomic E-state index is 0.105. The molecule has 0 radical (unpaired) electrons. The molecule has 0 atom stereocenters. The van der Waals surface area contributed by atoms with E-state index < -0.39 is 0 Å². The number of nitrogens with zero attached hydrogens (tertiary/aromatic N) is 2. The molecule has 0 saturated carbocycles. The van der Waals surface area contributed by atoms with Crippen LogP contribution in [0.2, 0.25) is 0 Å². The summed E-state index contributed by atoms with van der Waals surface area (Å²) in [5.74, 6) is -0.105. The van der Waals surface area contributed by atoms with E-state index in [9.17, 15) is 4.79 Å². The molecule has 0 unspecified atom stereocenters. The van der Waals surface area contributed by atoms with Crippen LogP contribution in [-0.4, -0.2) is 32.3 Å². The first-order chi connectivity index (χ1) is 8.45. The number of aryl methyl sites for hydroxylation is 2. The third-order valence-electron chi connectivity index (χ3n) is 2.58. The molecule has 100 valence electrons. The summed E-state index contributed by atoms with van der Waals surface area (Å²) in [5, 5.41) is 12.4. The number of aromatic nitrogens is 2. The van der Waals surface area contributed by atoms with Gasteiger partial charge in [0.2, 0.25) is 0 Å². The number of amides is 1. The van der Waals surface area contributed by atoms with Crippen LogP contribution in [0, 0.1) is 6.92 Å². The second-order valence-electron chi connectivity index (χ2n) is 4.48. The number of nitrogens with one attached hydrogen (secondary N) is 1. The van der Waals surface area contributed by atoms with E-state index >= 15 is 0 Å². The lowest BCUT2D eigenvalue weighted by atomic mass is 10.1. The average molecular weight is 379 g/mol. The predicted molar refractivity (Wildman–Crippen MR) is 79.6 cm³/mol. The SMILES string of the molecule is CCc1nnc(C)cc1C(=O)NC(C)(CBr)CBr. The summed E-state index contributed by atoms with van der Waals surface area (Å²) in [6, 6.07) is 1.78. The molecule has 0 saturated heterocycles. The summed E-state index contributed by atoms with van der Waals surface area (Å²) in [7, 11) is 0. The molecule has 6 heteroatoms. The fourth-order valence-electron chi connectivity index (χ4n) is 1.42. The van der Waals surface area contributed by atoms with Crippen molar-refractivity contribution in [2.75, 3.05) is 10.7 Å². The summed E-state index contributed by atoms with van der Waals surface area (Å²) < 4.78 is 0. The summed E-state index contributed by atoms with van der Waals surface area (Å²) in [4.78, 5) is 12.3. The number of hydrogen-bond acceptors (Lipinski definition) is 3. The molecule has 1 rings (SSSR count). The highest BCUT2D eigenvalue weighted by Crippen LogP contribution is 2.14. The quantitative estimate of drug-likeness (QED) is 0.801. The summed E-state index contributed by atoms with van der Waals surface area (Å²) in [6.45, 7) is 5.77. The fraction of sp³-hybridized carbons (Fsp3) is 0.583. The van der Waals surface area contributed by atoms with E-state index in [2.05, 4.69) is 47.4 Å². The molecule has 4 nitrogen and oxygen atoms in total. The van der Waals surface area contributed by atoms with Crippen molar-refractivity contribution in [1.82, 2.24) is 15.5 Å². The molecule has 1 aromatic heterocycles. The predicted octanol–water partition coefficient (Wildman–Crippen LogP) is 2.63. The van der Waals surface area contributed by atoms with Crippen LogP contribution in [0.5, 0.6) is 0 Å². The molecule has 1 aromatic rings. The molecule has 18 heavy (non-hydrogen) atoms. The number of halogens is 2. The van der Waals surface area contributed by atoms with E-state index in [1.807, 2.05) is 20.8 Å². The van der Waals surface area contributed by atoms with Gasteiger partial charge in [0, 0.05) is 10.7 Å². The molecule has 1 amide bonds. The Morgan fingerprint density at radius 3 is 2.50 bits per heavy atom. The van der Waals surface area contributed by atoms with E-state index in [4.69, 9.17) is 0 Å². The third kappa shape index (κ3) is 3.75. The largest absolute Gasteiger partial charge is 0.345 e. The maximum absolute atomic E-state index is 12.3. The smallest absolute Gasteiger partial charge is 0.253 e. The zero-order valence-corrected chi connectivity index (χ0v) is 13.9. The molecule has 1 heterocycles. The zero-order chi connectivity index (χ0) is 13.8. The van der Waals surface area contributed by atoms with Gasteiger partial charge < -0.3 is 5.32 Å². The van der Waals surface area contributed by atoms with Crippen LogP contribution in [0.3, 0.4) is 0 Å². The summed E-state index contributed by atoms with van der Waals surface area (Å²) in [5.41, 5.74) is 1.76. The molecule has 0 bridgehead atoms. The van der Waals surface area contributed by atoms with Gasteiger partial charge in [0.25, 0.3) is 5.91 Å². The van der Waals surface area contributed by atoms with Crippen LogP contribution in [0.15, 0.2) is 6.07 Å². The van der Waals surface area contributed by atoms with E-state index in [0.29, 0.717) is 22.6 Å². The number of alkyl halides is 2. The van der Waals surface area contributed by atoms with Gasteiger partial charge in [-0.1, -0.05) is 38.8 Å². The van der Waals surface area contributed by atoms with Gasteiger partial charge >= 0.3 is 0 Å². The highest BCUT2D eigenvalue weighted by atomic mass is 79.9. The number of rotatable bonds is 5. The molecule has 0 aliphatic rings. The molecule has 0 aromatic carbocycles. The summed E-state index contributed by atoms with van der Waals surface area (Å²) >= 11 is 6.82. The maximum Gasteiger partial charge on any atom is 0.253 e. The fourth-order valence-corrected chi connectivity index (χ4v) is 2.62. The van der Waals surface area contributed by atoms with Crippen LogP contribution in [-0.2, 0) is 6.42 Å². The van der Waals surface area contributed by atoms with Crippen LogP contribution in [0.25, 0.3) is 0 Å². The zero-order valence-electron chi connectivity index (χ0n) is 10.8.